The highest BCUT2D eigenvalue weighted by atomic mass is 35.5. The zero-order valence-electron chi connectivity index (χ0n) is 8.68. The number of amides is 1. The molecule has 2 atom stereocenters. The van der Waals surface area contributed by atoms with Gasteiger partial charge in [0, 0.05) is 5.69 Å². The van der Waals surface area contributed by atoms with Gasteiger partial charge in [0.05, 0.1) is 16.9 Å². The normalized spacial score (nSPS) is 21.9. The fourth-order valence-electron chi connectivity index (χ4n) is 1.58. The Morgan fingerprint density at radius 1 is 1.35 bits per heavy atom. The minimum Gasteiger partial charge on any atom is -0.506 e. The Balaban J connectivity index is 2.00. The number of anilines is 1. The van der Waals surface area contributed by atoms with E-state index < -0.39 is 17.8 Å². The number of halogens is 1. The van der Waals surface area contributed by atoms with Gasteiger partial charge in [-0.2, -0.15) is 0 Å². The minimum absolute atomic E-state index is 0.0699. The van der Waals surface area contributed by atoms with Gasteiger partial charge in [-0.3, -0.25) is 9.59 Å². The Labute approximate surface area is 102 Å². The summed E-state index contributed by atoms with van der Waals surface area (Å²) in [6.07, 6.45) is 0.368. The summed E-state index contributed by atoms with van der Waals surface area (Å²) in [4.78, 5) is 22.2. The zero-order valence-corrected chi connectivity index (χ0v) is 9.44. The predicted octanol–water partition coefficient (Wildman–Crippen LogP) is 1.70. The third-order valence-corrected chi connectivity index (χ3v) is 2.96. The van der Waals surface area contributed by atoms with Crippen molar-refractivity contribution in [3.05, 3.63) is 23.2 Å². The van der Waals surface area contributed by atoms with Crippen LogP contribution in [0.25, 0.3) is 0 Å². The molecule has 2 unspecified atom stereocenters. The average Bonchev–Trinajstić information content (AvgIpc) is 3.03. The number of aromatic hydroxyl groups is 1. The first-order valence-electron chi connectivity index (χ1n) is 5.01. The van der Waals surface area contributed by atoms with Crippen molar-refractivity contribution in [3.63, 3.8) is 0 Å². The summed E-state index contributed by atoms with van der Waals surface area (Å²) in [5.41, 5.74) is 0.439. The van der Waals surface area contributed by atoms with Crippen molar-refractivity contribution in [2.75, 3.05) is 5.32 Å². The van der Waals surface area contributed by atoms with E-state index in [1.807, 2.05) is 0 Å². The quantitative estimate of drug-likeness (QED) is 0.718. The van der Waals surface area contributed by atoms with Gasteiger partial charge in [0.25, 0.3) is 0 Å². The van der Waals surface area contributed by atoms with E-state index >= 15 is 0 Å². The van der Waals surface area contributed by atoms with E-state index in [-0.39, 0.29) is 16.7 Å². The molecule has 0 bridgehead atoms. The lowest BCUT2D eigenvalue weighted by molar-refractivity contribution is -0.139. The molecule has 0 spiro atoms. The molecular formula is C11H10ClNO4. The summed E-state index contributed by atoms with van der Waals surface area (Å²) >= 11 is 5.68. The Bertz CT molecular complexity index is 488. The first kappa shape index (κ1) is 11.7. The lowest BCUT2D eigenvalue weighted by Gasteiger charge is -2.05. The highest BCUT2D eigenvalue weighted by molar-refractivity contribution is 6.32. The maximum Gasteiger partial charge on any atom is 0.307 e. The number of benzene rings is 1. The Hall–Kier alpha value is -1.75. The van der Waals surface area contributed by atoms with Gasteiger partial charge >= 0.3 is 5.97 Å². The van der Waals surface area contributed by atoms with Crippen LogP contribution >= 0.6 is 11.6 Å². The smallest absolute Gasteiger partial charge is 0.307 e. The number of carboxylic acids is 1. The molecule has 3 N–H and O–H groups in total. The number of carboxylic acid groups (broad SMARTS) is 1. The second-order valence-corrected chi connectivity index (χ2v) is 4.35. The van der Waals surface area contributed by atoms with Crippen LogP contribution in [0.2, 0.25) is 5.02 Å². The van der Waals surface area contributed by atoms with E-state index in [2.05, 4.69) is 5.32 Å². The number of carbonyl (C=O) groups excluding carboxylic acids is 1. The van der Waals surface area contributed by atoms with Gasteiger partial charge in [-0.05, 0) is 24.6 Å². The van der Waals surface area contributed by atoms with Gasteiger partial charge in [-0.1, -0.05) is 11.6 Å². The van der Waals surface area contributed by atoms with Gasteiger partial charge in [-0.15, -0.1) is 0 Å². The predicted molar refractivity (Wildman–Crippen MR) is 61.0 cm³/mol. The van der Waals surface area contributed by atoms with Crippen LogP contribution in [-0.2, 0) is 9.59 Å². The fraction of sp³-hybridized carbons (Fsp3) is 0.273. The van der Waals surface area contributed by atoms with Crippen LogP contribution in [0.1, 0.15) is 6.42 Å². The maximum atomic E-state index is 11.6. The van der Waals surface area contributed by atoms with Gasteiger partial charge in [-0.25, -0.2) is 0 Å². The zero-order chi connectivity index (χ0) is 12.6. The lowest BCUT2D eigenvalue weighted by atomic mass is 10.2. The van der Waals surface area contributed by atoms with Crippen molar-refractivity contribution < 1.29 is 19.8 Å². The van der Waals surface area contributed by atoms with E-state index in [9.17, 15) is 14.7 Å². The van der Waals surface area contributed by atoms with Crippen LogP contribution < -0.4 is 5.32 Å². The Morgan fingerprint density at radius 3 is 2.59 bits per heavy atom. The number of nitrogens with one attached hydrogen (secondary N) is 1. The number of hydrogen-bond acceptors (Lipinski definition) is 3. The van der Waals surface area contributed by atoms with Gasteiger partial charge in [0.1, 0.15) is 5.75 Å². The van der Waals surface area contributed by atoms with Crippen LogP contribution in [0.3, 0.4) is 0 Å². The van der Waals surface area contributed by atoms with Crippen LogP contribution in [0.4, 0.5) is 5.69 Å². The van der Waals surface area contributed by atoms with Gasteiger partial charge in [0.15, 0.2) is 0 Å². The molecule has 0 radical (unpaired) electrons. The van der Waals surface area contributed by atoms with Crippen molar-refractivity contribution in [2.24, 2.45) is 11.8 Å². The average molecular weight is 256 g/mol. The van der Waals surface area contributed by atoms with Crippen LogP contribution in [0.5, 0.6) is 5.75 Å². The van der Waals surface area contributed by atoms with E-state index in [1.54, 1.807) is 0 Å². The molecule has 1 aliphatic rings. The van der Waals surface area contributed by atoms with Crippen molar-refractivity contribution in [1.29, 1.82) is 0 Å². The Kier molecular flexibility index (Phi) is 2.93. The highest BCUT2D eigenvalue weighted by Gasteiger charge is 2.48. The standard InChI is InChI=1S/C11H10ClNO4/c12-8-3-5(1-2-9(8)14)13-10(15)6-4-7(6)11(16)17/h1-3,6-7,14H,4H2,(H,13,15)(H,16,17). The van der Waals surface area contributed by atoms with Crippen LogP contribution in [-0.4, -0.2) is 22.1 Å². The van der Waals surface area contributed by atoms with Crippen molar-refractivity contribution in [2.45, 2.75) is 6.42 Å². The minimum atomic E-state index is -0.950. The molecule has 90 valence electrons. The summed E-state index contributed by atoms with van der Waals surface area (Å²) < 4.78 is 0. The molecule has 1 aliphatic carbocycles. The largest absolute Gasteiger partial charge is 0.506 e. The third kappa shape index (κ3) is 2.50. The number of phenols is 1. The fourth-order valence-corrected chi connectivity index (χ4v) is 1.76. The van der Waals surface area contributed by atoms with Crippen LogP contribution in [0.15, 0.2) is 18.2 Å². The van der Waals surface area contributed by atoms with E-state index in [0.717, 1.165) is 0 Å². The summed E-state index contributed by atoms with van der Waals surface area (Å²) in [6.45, 7) is 0. The molecule has 1 aromatic carbocycles. The Morgan fingerprint density at radius 2 is 2.06 bits per heavy atom. The number of aliphatic carboxylic acids is 1. The number of carbonyl (C=O) groups is 2. The maximum absolute atomic E-state index is 11.6. The number of hydrogen-bond donors (Lipinski definition) is 3. The van der Waals surface area contributed by atoms with E-state index in [0.29, 0.717) is 12.1 Å². The molecule has 0 aromatic heterocycles. The van der Waals surface area contributed by atoms with Gasteiger partial charge < -0.3 is 15.5 Å². The molecule has 1 fully saturated rings. The molecule has 0 aliphatic heterocycles. The summed E-state index contributed by atoms with van der Waals surface area (Å²) in [5.74, 6) is -2.41. The first-order valence-corrected chi connectivity index (χ1v) is 5.39. The monoisotopic (exact) mass is 255 g/mol. The molecule has 1 aromatic rings. The third-order valence-electron chi connectivity index (χ3n) is 2.66. The molecular weight excluding hydrogens is 246 g/mol. The molecule has 17 heavy (non-hydrogen) atoms. The van der Waals surface area contributed by atoms with Crippen molar-refractivity contribution >= 4 is 29.2 Å². The molecule has 0 saturated heterocycles. The second-order valence-electron chi connectivity index (χ2n) is 3.94. The molecule has 1 saturated carbocycles. The summed E-state index contributed by atoms with van der Waals surface area (Å²) in [6, 6.07) is 4.27. The number of rotatable bonds is 3. The highest BCUT2D eigenvalue weighted by Crippen LogP contribution is 2.39. The molecule has 2 rings (SSSR count). The number of phenolic OH excluding ortho intramolecular Hbond substituents is 1. The molecule has 6 heteroatoms. The van der Waals surface area contributed by atoms with Crippen molar-refractivity contribution in [1.82, 2.24) is 0 Å². The van der Waals surface area contributed by atoms with E-state index in [1.165, 1.54) is 18.2 Å². The first-order chi connectivity index (χ1) is 7.99. The molecule has 5 nitrogen and oxygen atoms in total. The summed E-state index contributed by atoms with van der Waals surface area (Å²) in [5, 5.41) is 20.6. The topological polar surface area (TPSA) is 86.6 Å². The van der Waals surface area contributed by atoms with E-state index in [4.69, 9.17) is 16.7 Å². The van der Waals surface area contributed by atoms with Gasteiger partial charge in [0.2, 0.25) is 5.91 Å². The lowest BCUT2D eigenvalue weighted by Crippen LogP contribution is -2.16. The van der Waals surface area contributed by atoms with Crippen LogP contribution in [0, 0.1) is 11.8 Å². The summed E-state index contributed by atoms with van der Waals surface area (Å²) in [7, 11) is 0. The molecule has 0 heterocycles. The SMILES string of the molecule is O=C(O)C1CC1C(=O)Nc1ccc(O)c(Cl)c1. The second kappa shape index (κ2) is 4.25. The van der Waals surface area contributed by atoms with Crippen molar-refractivity contribution in [3.8, 4) is 5.75 Å². The molecule has 1 amide bonds.